The van der Waals surface area contributed by atoms with Crippen LogP contribution in [0.1, 0.15) is 17.2 Å². The van der Waals surface area contributed by atoms with Gasteiger partial charge in [0.05, 0.1) is 19.3 Å². The van der Waals surface area contributed by atoms with Crippen LogP contribution in [0, 0.1) is 0 Å². The van der Waals surface area contributed by atoms with Gasteiger partial charge in [-0.05, 0) is 35.5 Å². The summed E-state index contributed by atoms with van der Waals surface area (Å²) in [5.41, 5.74) is 2.37. The number of benzene rings is 1. The summed E-state index contributed by atoms with van der Waals surface area (Å²) in [6.45, 7) is 0. The summed E-state index contributed by atoms with van der Waals surface area (Å²) in [7, 11) is 3.65. The largest absolute Gasteiger partial charge is 0.495 e. The Morgan fingerprint density at radius 1 is 1.20 bits per heavy atom. The summed E-state index contributed by atoms with van der Waals surface area (Å²) in [4.78, 5) is 4.13. The Labute approximate surface area is 122 Å². The molecule has 1 N–H and O–H groups in total. The molecule has 0 saturated heterocycles. The molecule has 0 radical (unpaired) electrons. The SMILES string of the molecule is CNC(c1ccncc1OC)c1cccc2ccsc12. The number of methoxy groups -OCH3 is 1. The van der Waals surface area contributed by atoms with Crippen LogP contribution in [0.4, 0.5) is 0 Å². The van der Waals surface area contributed by atoms with E-state index in [9.17, 15) is 0 Å². The van der Waals surface area contributed by atoms with E-state index in [4.69, 9.17) is 4.74 Å². The Balaban J connectivity index is 2.16. The summed E-state index contributed by atoms with van der Waals surface area (Å²) in [5.74, 6) is 0.806. The van der Waals surface area contributed by atoms with Gasteiger partial charge in [-0.25, -0.2) is 0 Å². The standard InChI is InChI=1S/C16H16N2OS/c1-17-15(12-6-8-18-10-14(12)19-2)13-5-3-4-11-7-9-20-16(11)13/h3-10,15,17H,1-2H3. The molecule has 0 aliphatic rings. The van der Waals surface area contributed by atoms with Gasteiger partial charge in [0.15, 0.2) is 0 Å². The molecule has 2 aromatic heterocycles. The Kier molecular flexibility index (Phi) is 3.67. The fraction of sp³-hybridized carbons (Fsp3) is 0.188. The third-order valence-electron chi connectivity index (χ3n) is 3.46. The highest BCUT2D eigenvalue weighted by molar-refractivity contribution is 7.17. The van der Waals surface area contributed by atoms with Crippen LogP contribution in [0.5, 0.6) is 5.75 Å². The second kappa shape index (κ2) is 5.61. The van der Waals surface area contributed by atoms with E-state index in [-0.39, 0.29) is 6.04 Å². The van der Waals surface area contributed by atoms with Gasteiger partial charge in [-0.2, -0.15) is 0 Å². The smallest absolute Gasteiger partial charge is 0.142 e. The van der Waals surface area contributed by atoms with Gasteiger partial charge >= 0.3 is 0 Å². The van der Waals surface area contributed by atoms with Crippen LogP contribution in [0.25, 0.3) is 10.1 Å². The average molecular weight is 284 g/mol. The van der Waals surface area contributed by atoms with Crippen molar-refractivity contribution in [2.75, 3.05) is 14.2 Å². The molecule has 2 heterocycles. The number of rotatable bonds is 4. The normalized spacial score (nSPS) is 12.5. The zero-order valence-corrected chi connectivity index (χ0v) is 12.3. The van der Waals surface area contributed by atoms with Crippen LogP contribution < -0.4 is 10.1 Å². The number of thiophene rings is 1. The maximum Gasteiger partial charge on any atom is 0.142 e. The molecular formula is C16H16N2OS. The summed E-state index contributed by atoms with van der Waals surface area (Å²) in [6.07, 6.45) is 3.56. The first-order valence-electron chi connectivity index (χ1n) is 6.46. The number of fused-ring (bicyclic) bond motifs is 1. The average Bonchev–Trinajstić information content (AvgIpc) is 2.98. The van der Waals surface area contributed by atoms with Gasteiger partial charge in [-0.1, -0.05) is 18.2 Å². The molecule has 0 aliphatic carbocycles. The highest BCUT2D eigenvalue weighted by Gasteiger charge is 2.19. The Hall–Kier alpha value is -1.91. The maximum atomic E-state index is 5.44. The minimum absolute atomic E-state index is 0.0929. The molecule has 102 valence electrons. The molecule has 3 rings (SSSR count). The first kappa shape index (κ1) is 13.1. The van der Waals surface area contributed by atoms with E-state index in [0.29, 0.717) is 0 Å². The van der Waals surface area contributed by atoms with Gasteiger partial charge in [0.25, 0.3) is 0 Å². The van der Waals surface area contributed by atoms with Crippen molar-refractivity contribution < 1.29 is 4.74 Å². The van der Waals surface area contributed by atoms with E-state index in [1.807, 2.05) is 13.1 Å². The van der Waals surface area contributed by atoms with Crippen LogP contribution in [0.2, 0.25) is 0 Å². The van der Waals surface area contributed by atoms with Crippen molar-refractivity contribution in [3.63, 3.8) is 0 Å². The minimum Gasteiger partial charge on any atom is -0.495 e. The van der Waals surface area contributed by atoms with E-state index in [2.05, 4.69) is 39.9 Å². The number of pyridine rings is 1. The maximum absolute atomic E-state index is 5.44. The predicted molar refractivity (Wildman–Crippen MR) is 83.5 cm³/mol. The fourth-order valence-corrected chi connectivity index (χ4v) is 3.47. The van der Waals surface area contributed by atoms with Crippen molar-refractivity contribution in [2.24, 2.45) is 0 Å². The lowest BCUT2D eigenvalue weighted by Gasteiger charge is -2.20. The Morgan fingerprint density at radius 2 is 2.10 bits per heavy atom. The molecule has 1 atom stereocenters. The van der Waals surface area contributed by atoms with Crippen molar-refractivity contribution in [1.29, 1.82) is 0 Å². The molecule has 0 saturated carbocycles. The summed E-state index contributed by atoms with van der Waals surface area (Å²) >= 11 is 1.77. The van der Waals surface area contributed by atoms with Gasteiger partial charge in [-0.15, -0.1) is 11.3 Å². The third-order valence-corrected chi connectivity index (χ3v) is 4.44. The number of nitrogens with one attached hydrogen (secondary N) is 1. The van der Waals surface area contributed by atoms with Gasteiger partial charge in [0, 0.05) is 16.5 Å². The third kappa shape index (κ3) is 2.17. The Bertz CT molecular complexity index is 723. The summed E-state index contributed by atoms with van der Waals surface area (Å²) < 4.78 is 6.75. The molecule has 0 fully saturated rings. The summed E-state index contributed by atoms with van der Waals surface area (Å²) in [6, 6.07) is 10.7. The number of ether oxygens (including phenoxy) is 1. The molecule has 0 amide bonds. The van der Waals surface area contributed by atoms with Gasteiger partial charge in [0.2, 0.25) is 0 Å². The molecule has 1 unspecified atom stereocenters. The van der Waals surface area contributed by atoms with E-state index >= 15 is 0 Å². The molecule has 0 aliphatic heterocycles. The summed E-state index contributed by atoms with van der Waals surface area (Å²) in [5, 5.41) is 6.80. The molecule has 0 spiro atoms. The van der Waals surface area contributed by atoms with Crippen LogP contribution in [-0.2, 0) is 0 Å². The topological polar surface area (TPSA) is 34.2 Å². The molecule has 0 bridgehead atoms. The van der Waals surface area contributed by atoms with Crippen molar-refractivity contribution in [2.45, 2.75) is 6.04 Å². The molecule has 20 heavy (non-hydrogen) atoms. The number of hydrogen-bond acceptors (Lipinski definition) is 4. The van der Waals surface area contributed by atoms with E-state index in [1.54, 1.807) is 30.8 Å². The van der Waals surface area contributed by atoms with Crippen molar-refractivity contribution >= 4 is 21.4 Å². The lowest BCUT2D eigenvalue weighted by molar-refractivity contribution is 0.403. The van der Waals surface area contributed by atoms with Gasteiger partial charge < -0.3 is 10.1 Å². The van der Waals surface area contributed by atoms with E-state index in [0.717, 1.165) is 11.3 Å². The van der Waals surface area contributed by atoms with Crippen molar-refractivity contribution in [3.8, 4) is 5.75 Å². The van der Waals surface area contributed by atoms with E-state index < -0.39 is 0 Å². The zero-order chi connectivity index (χ0) is 13.9. The first-order valence-corrected chi connectivity index (χ1v) is 7.34. The van der Waals surface area contributed by atoms with Crippen molar-refractivity contribution in [3.05, 3.63) is 59.2 Å². The van der Waals surface area contributed by atoms with Crippen LogP contribution in [-0.4, -0.2) is 19.1 Å². The monoisotopic (exact) mass is 284 g/mol. The predicted octanol–water partition coefficient (Wildman–Crippen LogP) is 3.61. The highest BCUT2D eigenvalue weighted by atomic mass is 32.1. The lowest BCUT2D eigenvalue weighted by Crippen LogP contribution is -2.18. The quantitative estimate of drug-likeness (QED) is 0.794. The first-order chi connectivity index (χ1) is 9.85. The van der Waals surface area contributed by atoms with Gasteiger partial charge in [0.1, 0.15) is 5.75 Å². The van der Waals surface area contributed by atoms with Crippen molar-refractivity contribution in [1.82, 2.24) is 10.3 Å². The highest BCUT2D eigenvalue weighted by Crippen LogP contribution is 2.35. The number of hydrogen-bond donors (Lipinski definition) is 1. The van der Waals surface area contributed by atoms with Crippen LogP contribution in [0.15, 0.2) is 48.1 Å². The van der Waals surface area contributed by atoms with Crippen LogP contribution in [0.3, 0.4) is 0 Å². The molecule has 3 aromatic rings. The zero-order valence-electron chi connectivity index (χ0n) is 11.5. The minimum atomic E-state index is 0.0929. The second-order valence-corrected chi connectivity index (χ2v) is 5.44. The molecule has 1 aromatic carbocycles. The second-order valence-electron chi connectivity index (χ2n) is 4.53. The van der Waals surface area contributed by atoms with E-state index in [1.165, 1.54) is 15.6 Å². The Morgan fingerprint density at radius 3 is 2.90 bits per heavy atom. The lowest BCUT2D eigenvalue weighted by atomic mass is 9.98. The number of nitrogens with zero attached hydrogens (tertiary/aromatic N) is 1. The number of aromatic nitrogens is 1. The molecule has 4 heteroatoms. The molecular weight excluding hydrogens is 268 g/mol. The van der Waals surface area contributed by atoms with Gasteiger partial charge in [-0.3, -0.25) is 4.98 Å². The molecule has 3 nitrogen and oxygen atoms in total. The fourth-order valence-electron chi connectivity index (χ4n) is 2.52. The van der Waals surface area contributed by atoms with Crippen LogP contribution >= 0.6 is 11.3 Å².